The van der Waals surface area contributed by atoms with Crippen molar-refractivity contribution in [2.24, 2.45) is 5.92 Å². The molecule has 162 valence electrons. The molecule has 0 saturated carbocycles. The molecule has 0 spiro atoms. The summed E-state index contributed by atoms with van der Waals surface area (Å²) in [5.74, 6) is 0.312. The summed E-state index contributed by atoms with van der Waals surface area (Å²) in [7, 11) is 2.91. The average Bonchev–Trinajstić information content (AvgIpc) is 3.09. The monoisotopic (exact) mass is 433 g/mol. The first-order valence-corrected chi connectivity index (χ1v) is 11.1. The van der Waals surface area contributed by atoms with Gasteiger partial charge in [-0.05, 0) is 42.2 Å². The molecule has 2 saturated heterocycles. The number of benzene rings is 1. The average molecular weight is 434 g/mol. The van der Waals surface area contributed by atoms with Crippen molar-refractivity contribution in [2.45, 2.75) is 25.8 Å². The zero-order valence-corrected chi connectivity index (χ0v) is 18.3. The lowest BCUT2D eigenvalue weighted by atomic mass is 9.96. The Kier molecular flexibility index (Phi) is 7.42. The van der Waals surface area contributed by atoms with Crippen molar-refractivity contribution < 1.29 is 28.6 Å². The molecule has 1 aromatic rings. The highest BCUT2D eigenvalue weighted by Gasteiger charge is 2.34. The van der Waals surface area contributed by atoms with E-state index in [1.165, 1.54) is 7.11 Å². The van der Waals surface area contributed by atoms with E-state index in [0.29, 0.717) is 36.7 Å². The standard InChI is InChI=1S/C22H27NO6S/c1-4-7-23-17(11-29-22(23)26)10-15-8-14(5-6-19(15)27-2)9-16-12-30-13-18(20(16)24)21(25)28-3/h5-6,8-9,17-18H,4,7,10-13H2,1-3H3/t17-,18?/m0/s1. The second-order valence-corrected chi connectivity index (χ2v) is 8.35. The minimum absolute atomic E-state index is 0.0511. The number of ketones is 1. The molecular formula is C22H27NO6S. The number of nitrogens with zero attached hydrogens (tertiary/aromatic N) is 1. The van der Waals surface area contributed by atoms with Crippen molar-refractivity contribution in [3.63, 3.8) is 0 Å². The quantitative estimate of drug-likeness (QED) is 0.371. The van der Waals surface area contributed by atoms with Gasteiger partial charge in [-0.2, -0.15) is 11.8 Å². The molecule has 0 aliphatic carbocycles. The number of esters is 1. The molecule has 2 atom stereocenters. The van der Waals surface area contributed by atoms with Crippen molar-refractivity contribution in [3.8, 4) is 5.75 Å². The summed E-state index contributed by atoms with van der Waals surface area (Å²) in [6.45, 7) is 3.02. The van der Waals surface area contributed by atoms with E-state index in [1.807, 2.05) is 31.2 Å². The van der Waals surface area contributed by atoms with Crippen molar-refractivity contribution in [1.29, 1.82) is 0 Å². The van der Waals surface area contributed by atoms with Gasteiger partial charge in [-0.1, -0.05) is 13.0 Å². The molecule has 8 heteroatoms. The molecule has 7 nitrogen and oxygen atoms in total. The van der Waals surface area contributed by atoms with Crippen LogP contribution in [0.4, 0.5) is 4.79 Å². The smallest absolute Gasteiger partial charge is 0.410 e. The SMILES string of the molecule is CCCN1C(=O)OC[C@@H]1Cc1cc(C=C2CSCC(C(=O)OC)C2=O)ccc1OC. The highest BCUT2D eigenvalue weighted by Crippen LogP contribution is 2.29. The lowest BCUT2D eigenvalue weighted by Crippen LogP contribution is -2.35. The van der Waals surface area contributed by atoms with E-state index in [-0.39, 0.29) is 17.9 Å². The Balaban J connectivity index is 1.84. The summed E-state index contributed by atoms with van der Waals surface area (Å²) >= 11 is 1.55. The van der Waals surface area contributed by atoms with Crippen molar-refractivity contribution in [1.82, 2.24) is 4.90 Å². The van der Waals surface area contributed by atoms with Crippen molar-refractivity contribution in [2.75, 3.05) is 38.9 Å². The van der Waals surface area contributed by atoms with E-state index in [0.717, 1.165) is 23.3 Å². The third kappa shape index (κ3) is 4.80. The van der Waals surface area contributed by atoms with Gasteiger partial charge in [0.2, 0.25) is 0 Å². The van der Waals surface area contributed by atoms with Crippen LogP contribution in [0.2, 0.25) is 0 Å². The number of carbonyl (C=O) groups is 3. The summed E-state index contributed by atoms with van der Waals surface area (Å²) in [5.41, 5.74) is 2.40. The Labute approximate surface area is 180 Å². The molecule has 1 unspecified atom stereocenters. The van der Waals surface area contributed by atoms with Gasteiger partial charge in [-0.3, -0.25) is 9.59 Å². The minimum atomic E-state index is -0.748. The van der Waals surface area contributed by atoms with Crippen LogP contribution in [0, 0.1) is 5.92 Å². The fourth-order valence-corrected chi connectivity index (χ4v) is 4.85. The maximum absolute atomic E-state index is 12.7. The van der Waals surface area contributed by atoms with E-state index in [4.69, 9.17) is 14.2 Å². The van der Waals surface area contributed by atoms with Gasteiger partial charge in [-0.25, -0.2) is 4.79 Å². The largest absolute Gasteiger partial charge is 0.496 e. The van der Waals surface area contributed by atoms with Gasteiger partial charge in [0.05, 0.1) is 20.3 Å². The molecule has 1 amide bonds. The Morgan fingerprint density at radius 2 is 2.13 bits per heavy atom. The summed E-state index contributed by atoms with van der Waals surface area (Å²) in [6, 6.07) is 5.67. The lowest BCUT2D eigenvalue weighted by molar-refractivity contribution is -0.147. The first kappa shape index (κ1) is 22.2. The molecule has 0 N–H and O–H groups in total. The van der Waals surface area contributed by atoms with Crippen LogP contribution >= 0.6 is 11.8 Å². The normalized spacial score (nSPS) is 22.9. The van der Waals surface area contributed by atoms with Crippen LogP contribution in [0.5, 0.6) is 5.75 Å². The topological polar surface area (TPSA) is 82.1 Å². The van der Waals surface area contributed by atoms with Crippen LogP contribution < -0.4 is 4.74 Å². The van der Waals surface area contributed by atoms with E-state index < -0.39 is 11.9 Å². The van der Waals surface area contributed by atoms with Gasteiger partial charge in [0.15, 0.2) is 5.78 Å². The van der Waals surface area contributed by atoms with Crippen LogP contribution in [0.15, 0.2) is 23.8 Å². The number of carbonyl (C=O) groups excluding carboxylic acids is 3. The highest BCUT2D eigenvalue weighted by atomic mass is 32.2. The highest BCUT2D eigenvalue weighted by molar-refractivity contribution is 7.99. The van der Waals surface area contributed by atoms with Gasteiger partial charge in [0.25, 0.3) is 0 Å². The van der Waals surface area contributed by atoms with Crippen LogP contribution in [-0.2, 0) is 25.5 Å². The third-order valence-corrected chi connectivity index (χ3v) is 6.38. The Bertz CT molecular complexity index is 852. The van der Waals surface area contributed by atoms with Gasteiger partial charge >= 0.3 is 12.1 Å². The maximum Gasteiger partial charge on any atom is 0.410 e. The van der Waals surface area contributed by atoms with Crippen molar-refractivity contribution in [3.05, 3.63) is 34.9 Å². The number of ether oxygens (including phenoxy) is 3. The number of thioether (sulfide) groups is 1. The first-order chi connectivity index (χ1) is 14.5. The second-order valence-electron chi connectivity index (χ2n) is 7.32. The fraction of sp³-hybridized carbons (Fsp3) is 0.500. The molecule has 2 aliphatic heterocycles. The zero-order chi connectivity index (χ0) is 21.7. The minimum Gasteiger partial charge on any atom is -0.496 e. The van der Waals surface area contributed by atoms with Gasteiger partial charge in [-0.15, -0.1) is 0 Å². The van der Waals surface area contributed by atoms with Crippen molar-refractivity contribution >= 4 is 35.7 Å². The summed E-state index contributed by atoms with van der Waals surface area (Å²) in [5, 5.41) is 0. The maximum atomic E-state index is 12.7. The summed E-state index contributed by atoms with van der Waals surface area (Å²) in [4.78, 5) is 38.3. The molecule has 30 heavy (non-hydrogen) atoms. The predicted molar refractivity (Wildman–Crippen MR) is 115 cm³/mol. The Morgan fingerprint density at radius 1 is 1.33 bits per heavy atom. The fourth-order valence-electron chi connectivity index (χ4n) is 3.76. The molecule has 0 radical (unpaired) electrons. The number of hydrogen-bond donors (Lipinski definition) is 0. The molecule has 2 heterocycles. The molecular weight excluding hydrogens is 406 g/mol. The number of amides is 1. The Morgan fingerprint density at radius 3 is 2.83 bits per heavy atom. The van der Waals surface area contributed by atoms with Gasteiger partial charge in [0.1, 0.15) is 18.3 Å². The molecule has 2 aliphatic rings. The van der Waals surface area contributed by atoms with Crippen LogP contribution in [0.3, 0.4) is 0 Å². The molecule has 2 fully saturated rings. The zero-order valence-electron chi connectivity index (χ0n) is 17.5. The number of Topliss-reactive ketones (excluding diaryl/α,β-unsaturated/α-hetero) is 1. The van der Waals surface area contributed by atoms with E-state index in [2.05, 4.69) is 0 Å². The molecule has 0 bridgehead atoms. The number of rotatable bonds is 7. The molecule has 3 rings (SSSR count). The summed E-state index contributed by atoms with van der Waals surface area (Å²) < 4.78 is 15.5. The predicted octanol–water partition coefficient (Wildman–Crippen LogP) is 2.96. The van der Waals surface area contributed by atoms with Gasteiger partial charge in [0, 0.05) is 23.6 Å². The van der Waals surface area contributed by atoms with Crippen LogP contribution in [-0.4, -0.2) is 67.7 Å². The number of cyclic esters (lactones) is 1. The van der Waals surface area contributed by atoms with Crippen LogP contribution in [0.1, 0.15) is 24.5 Å². The second kappa shape index (κ2) is 10.0. The summed E-state index contributed by atoms with van der Waals surface area (Å²) in [6.07, 6.45) is 3.00. The van der Waals surface area contributed by atoms with E-state index >= 15 is 0 Å². The van der Waals surface area contributed by atoms with E-state index in [9.17, 15) is 14.4 Å². The molecule has 1 aromatic carbocycles. The first-order valence-electron chi connectivity index (χ1n) is 9.99. The van der Waals surface area contributed by atoms with Crippen LogP contribution in [0.25, 0.3) is 6.08 Å². The molecule has 0 aromatic heterocycles. The number of hydrogen-bond acceptors (Lipinski definition) is 7. The number of methoxy groups -OCH3 is 2. The lowest BCUT2D eigenvalue weighted by Gasteiger charge is -2.22. The van der Waals surface area contributed by atoms with E-state index in [1.54, 1.807) is 23.8 Å². The third-order valence-electron chi connectivity index (χ3n) is 5.30. The van der Waals surface area contributed by atoms with Gasteiger partial charge < -0.3 is 19.1 Å². The Hall–Kier alpha value is -2.48.